The minimum Gasteiger partial charge on any atom is -0.495 e. The van der Waals surface area contributed by atoms with Crippen molar-refractivity contribution in [2.45, 2.75) is 6.61 Å². The number of ether oxygens (including phenoxy) is 2. The molecule has 3 rings (SSSR count). The Hall–Kier alpha value is -2.76. The van der Waals surface area contributed by atoms with Gasteiger partial charge in [-0.25, -0.2) is 0 Å². The zero-order chi connectivity index (χ0) is 19.1. The number of anilines is 2. The quantitative estimate of drug-likeness (QED) is 0.518. The predicted octanol–water partition coefficient (Wildman–Crippen LogP) is 5.74. The van der Waals surface area contributed by atoms with E-state index < -0.39 is 0 Å². The summed E-state index contributed by atoms with van der Waals surface area (Å²) in [6.07, 6.45) is 0. The molecule has 0 bridgehead atoms. The lowest BCUT2D eigenvalue weighted by molar-refractivity contribution is 0.306. The Kier molecular flexibility index (Phi) is 6.52. The Labute approximate surface area is 169 Å². The van der Waals surface area contributed by atoms with Gasteiger partial charge in [0.1, 0.15) is 18.1 Å². The number of methoxy groups -OCH3 is 1. The van der Waals surface area contributed by atoms with Crippen molar-refractivity contribution in [3.63, 3.8) is 0 Å². The third kappa shape index (κ3) is 5.61. The first kappa shape index (κ1) is 19.0. The molecule has 3 aromatic rings. The molecule has 0 heterocycles. The molecule has 27 heavy (non-hydrogen) atoms. The number of rotatable bonds is 6. The summed E-state index contributed by atoms with van der Waals surface area (Å²) >= 11 is 11.4. The summed E-state index contributed by atoms with van der Waals surface area (Å²) in [5.74, 6) is 1.45. The largest absolute Gasteiger partial charge is 0.495 e. The first-order valence-corrected chi connectivity index (χ1v) is 9.11. The molecule has 0 aliphatic rings. The second kappa shape index (κ2) is 9.26. The molecular formula is C21H19ClN2O2S. The maximum absolute atomic E-state index is 6.04. The van der Waals surface area contributed by atoms with Crippen LogP contribution < -0.4 is 20.1 Å². The van der Waals surface area contributed by atoms with E-state index in [2.05, 4.69) is 10.6 Å². The molecule has 138 valence electrons. The Bertz CT molecular complexity index is 902. The minimum atomic E-state index is 0.438. The highest BCUT2D eigenvalue weighted by Crippen LogP contribution is 2.28. The molecule has 0 unspecified atom stereocenters. The smallest absolute Gasteiger partial charge is 0.175 e. The van der Waals surface area contributed by atoms with E-state index in [9.17, 15) is 0 Å². The van der Waals surface area contributed by atoms with Crippen LogP contribution in [0.5, 0.6) is 11.5 Å². The van der Waals surface area contributed by atoms with Crippen LogP contribution in [0.15, 0.2) is 72.8 Å². The lowest BCUT2D eigenvalue weighted by Gasteiger charge is -2.14. The van der Waals surface area contributed by atoms with Crippen molar-refractivity contribution in [1.29, 1.82) is 0 Å². The van der Waals surface area contributed by atoms with Crippen LogP contribution in [0.4, 0.5) is 11.4 Å². The van der Waals surface area contributed by atoms with Crippen LogP contribution in [0.1, 0.15) is 5.56 Å². The Morgan fingerprint density at radius 2 is 1.70 bits per heavy atom. The first-order chi connectivity index (χ1) is 13.1. The van der Waals surface area contributed by atoms with Crippen molar-refractivity contribution in [3.05, 3.63) is 83.4 Å². The second-order valence-corrected chi connectivity index (χ2v) is 6.57. The van der Waals surface area contributed by atoms with E-state index in [4.69, 9.17) is 33.3 Å². The zero-order valence-electron chi connectivity index (χ0n) is 14.7. The van der Waals surface area contributed by atoms with Gasteiger partial charge in [0, 0.05) is 10.7 Å². The van der Waals surface area contributed by atoms with Crippen LogP contribution in [0.3, 0.4) is 0 Å². The molecule has 0 aromatic heterocycles. The molecule has 0 aliphatic carbocycles. The molecule has 0 atom stereocenters. The van der Waals surface area contributed by atoms with Gasteiger partial charge in [0.15, 0.2) is 5.11 Å². The van der Waals surface area contributed by atoms with Gasteiger partial charge in [0.2, 0.25) is 0 Å². The molecule has 0 fully saturated rings. The zero-order valence-corrected chi connectivity index (χ0v) is 16.3. The Morgan fingerprint density at radius 3 is 2.41 bits per heavy atom. The molecule has 2 N–H and O–H groups in total. The maximum atomic E-state index is 6.04. The van der Waals surface area contributed by atoms with Crippen LogP contribution in [0.25, 0.3) is 0 Å². The van der Waals surface area contributed by atoms with E-state index in [1.165, 1.54) is 0 Å². The van der Waals surface area contributed by atoms with E-state index in [1.807, 2.05) is 54.6 Å². The van der Waals surface area contributed by atoms with E-state index in [-0.39, 0.29) is 0 Å². The molecule has 6 heteroatoms. The summed E-state index contributed by atoms with van der Waals surface area (Å²) < 4.78 is 11.1. The first-order valence-electron chi connectivity index (χ1n) is 8.32. The third-order valence-electron chi connectivity index (χ3n) is 3.77. The van der Waals surface area contributed by atoms with E-state index >= 15 is 0 Å². The van der Waals surface area contributed by atoms with Crippen molar-refractivity contribution in [2.24, 2.45) is 0 Å². The van der Waals surface area contributed by atoms with Gasteiger partial charge in [-0.05, 0) is 60.2 Å². The average molecular weight is 399 g/mol. The van der Waals surface area contributed by atoms with Gasteiger partial charge in [-0.1, -0.05) is 41.9 Å². The number of halogens is 1. The Morgan fingerprint density at radius 1 is 0.963 bits per heavy atom. The molecule has 0 saturated carbocycles. The minimum absolute atomic E-state index is 0.438. The Balaban J connectivity index is 1.56. The van der Waals surface area contributed by atoms with Crippen LogP contribution in [-0.2, 0) is 6.61 Å². The molecule has 3 aromatic carbocycles. The van der Waals surface area contributed by atoms with E-state index in [0.717, 1.165) is 17.0 Å². The number of nitrogens with one attached hydrogen (secondary N) is 2. The number of thiocarbonyl (C=S) groups is 1. The van der Waals surface area contributed by atoms with Gasteiger partial charge in [0.05, 0.1) is 12.8 Å². The molecular weight excluding hydrogens is 380 g/mol. The normalized spacial score (nSPS) is 10.1. The third-order valence-corrected chi connectivity index (χ3v) is 4.21. The molecule has 0 amide bonds. The van der Waals surface area contributed by atoms with Gasteiger partial charge in [0.25, 0.3) is 0 Å². The van der Waals surface area contributed by atoms with Gasteiger partial charge < -0.3 is 20.1 Å². The summed E-state index contributed by atoms with van der Waals surface area (Å²) in [5, 5.41) is 7.26. The number of hydrogen-bond acceptors (Lipinski definition) is 3. The fourth-order valence-electron chi connectivity index (χ4n) is 2.44. The lowest BCUT2D eigenvalue weighted by Crippen LogP contribution is -2.19. The monoisotopic (exact) mass is 398 g/mol. The number of hydrogen-bond donors (Lipinski definition) is 2. The molecule has 0 saturated heterocycles. The fourth-order valence-corrected chi connectivity index (χ4v) is 2.84. The summed E-state index contributed by atoms with van der Waals surface area (Å²) in [6, 6.07) is 22.9. The van der Waals surface area contributed by atoms with Gasteiger partial charge in [-0.2, -0.15) is 0 Å². The van der Waals surface area contributed by atoms with Gasteiger partial charge >= 0.3 is 0 Å². The van der Waals surface area contributed by atoms with E-state index in [1.54, 1.807) is 25.3 Å². The molecule has 4 nitrogen and oxygen atoms in total. The average Bonchev–Trinajstić information content (AvgIpc) is 2.68. The van der Waals surface area contributed by atoms with Crippen LogP contribution >= 0.6 is 23.8 Å². The van der Waals surface area contributed by atoms with Gasteiger partial charge in [-0.3, -0.25) is 0 Å². The summed E-state index contributed by atoms with van der Waals surface area (Å²) in [4.78, 5) is 0. The molecule has 0 spiro atoms. The topological polar surface area (TPSA) is 42.5 Å². The number of benzene rings is 3. The summed E-state index contributed by atoms with van der Waals surface area (Å²) in [6.45, 7) is 0.530. The standard InChI is InChI=1S/C21H19ClN2O2S/c1-25-20-12-7-16(22)13-19(20)24-21(27)23-17-8-10-18(11-9-17)26-14-15-5-3-2-4-6-15/h2-13H,14H2,1H3,(H2,23,24,27). The highest BCUT2D eigenvalue weighted by molar-refractivity contribution is 7.80. The van der Waals surface area contributed by atoms with Crippen molar-refractivity contribution in [1.82, 2.24) is 0 Å². The molecule has 0 radical (unpaired) electrons. The molecule has 0 aliphatic heterocycles. The van der Waals surface area contributed by atoms with E-state index in [0.29, 0.717) is 28.2 Å². The second-order valence-electron chi connectivity index (χ2n) is 5.72. The predicted molar refractivity (Wildman–Crippen MR) is 115 cm³/mol. The fraction of sp³-hybridized carbons (Fsp3) is 0.0952. The highest BCUT2D eigenvalue weighted by Gasteiger charge is 2.06. The van der Waals surface area contributed by atoms with Crippen LogP contribution in [0, 0.1) is 0 Å². The summed E-state index contributed by atoms with van der Waals surface area (Å²) in [5.41, 5.74) is 2.67. The van der Waals surface area contributed by atoms with Gasteiger partial charge in [-0.15, -0.1) is 0 Å². The summed E-state index contributed by atoms with van der Waals surface area (Å²) in [7, 11) is 1.60. The van der Waals surface area contributed by atoms with Crippen molar-refractivity contribution in [3.8, 4) is 11.5 Å². The van der Waals surface area contributed by atoms with Crippen LogP contribution in [0.2, 0.25) is 5.02 Å². The van der Waals surface area contributed by atoms with Crippen molar-refractivity contribution >= 4 is 40.3 Å². The van der Waals surface area contributed by atoms with Crippen LogP contribution in [-0.4, -0.2) is 12.2 Å². The lowest BCUT2D eigenvalue weighted by atomic mass is 10.2. The van der Waals surface area contributed by atoms with Crippen molar-refractivity contribution in [2.75, 3.05) is 17.7 Å². The van der Waals surface area contributed by atoms with Crippen molar-refractivity contribution < 1.29 is 9.47 Å². The highest BCUT2D eigenvalue weighted by atomic mass is 35.5. The maximum Gasteiger partial charge on any atom is 0.175 e. The SMILES string of the molecule is COc1ccc(Cl)cc1NC(=S)Nc1ccc(OCc2ccccc2)cc1.